The summed E-state index contributed by atoms with van der Waals surface area (Å²) in [6, 6.07) is 10.3. The number of aryl methyl sites for hydroxylation is 1. The molecule has 3 rings (SSSR count). The summed E-state index contributed by atoms with van der Waals surface area (Å²) >= 11 is 11.8. The normalized spacial score (nSPS) is 11.3. The number of imidazole rings is 1. The van der Waals surface area contributed by atoms with Gasteiger partial charge in [0.15, 0.2) is 0 Å². The number of aromatic nitrogens is 2. The second kappa shape index (κ2) is 9.97. The molecule has 0 bridgehead atoms. The molecule has 0 aliphatic carbocycles. The van der Waals surface area contributed by atoms with Gasteiger partial charge in [0.05, 0.1) is 11.3 Å². The van der Waals surface area contributed by atoms with Crippen molar-refractivity contribution in [2.45, 2.75) is 24.3 Å². The van der Waals surface area contributed by atoms with Gasteiger partial charge in [0, 0.05) is 41.8 Å². The molecule has 1 heterocycles. The highest BCUT2D eigenvalue weighted by molar-refractivity contribution is 7.92. The van der Waals surface area contributed by atoms with Gasteiger partial charge in [-0.1, -0.05) is 23.2 Å². The Morgan fingerprint density at radius 3 is 2.53 bits per heavy atom. The van der Waals surface area contributed by atoms with E-state index in [-0.39, 0.29) is 20.8 Å². The lowest BCUT2D eigenvalue weighted by molar-refractivity contribution is 0.0953. The van der Waals surface area contributed by atoms with E-state index in [1.165, 1.54) is 30.3 Å². The highest BCUT2D eigenvalue weighted by Crippen LogP contribution is 2.26. The third kappa shape index (κ3) is 5.98. The Bertz CT molecular complexity index is 1100. The predicted octanol–water partition coefficient (Wildman–Crippen LogP) is 4.20. The van der Waals surface area contributed by atoms with E-state index in [0.717, 1.165) is 19.4 Å². The first-order valence-electron chi connectivity index (χ1n) is 9.17. The lowest BCUT2D eigenvalue weighted by Gasteiger charge is -2.11. The van der Waals surface area contributed by atoms with Gasteiger partial charge in [-0.25, -0.2) is 13.4 Å². The van der Waals surface area contributed by atoms with Crippen LogP contribution < -0.4 is 10.0 Å². The van der Waals surface area contributed by atoms with Gasteiger partial charge in [0.1, 0.15) is 4.90 Å². The first-order chi connectivity index (χ1) is 14.3. The Morgan fingerprint density at radius 2 is 1.83 bits per heavy atom. The van der Waals surface area contributed by atoms with Crippen LogP contribution in [0.4, 0.5) is 5.69 Å². The van der Waals surface area contributed by atoms with Crippen LogP contribution in [0.2, 0.25) is 10.0 Å². The first-order valence-corrected chi connectivity index (χ1v) is 11.4. The summed E-state index contributed by atoms with van der Waals surface area (Å²) in [7, 11) is -3.91. The maximum Gasteiger partial charge on any atom is 0.263 e. The Balaban J connectivity index is 1.52. The summed E-state index contributed by atoms with van der Waals surface area (Å²) in [6.45, 7) is 1.40. The highest BCUT2D eigenvalue weighted by atomic mass is 35.5. The predicted molar refractivity (Wildman–Crippen MR) is 118 cm³/mol. The quantitative estimate of drug-likeness (QED) is 0.462. The fraction of sp³-hybridized carbons (Fsp3) is 0.200. The van der Waals surface area contributed by atoms with Crippen molar-refractivity contribution in [1.82, 2.24) is 14.9 Å². The molecule has 0 fully saturated rings. The number of anilines is 1. The van der Waals surface area contributed by atoms with Crippen LogP contribution in [0.5, 0.6) is 0 Å². The topological polar surface area (TPSA) is 93.1 Å². The number of unbranched alkanes of at least 4 members (excludes halogenated alkanes) is 1. The van der Waals surface area contributed by atoms with E-state index < -0.39 is 10.0 Å². The van der Waals surface area contributed by atoms with Gasteiger partial charge in [0.2, 0.25) is 0 Å². The van der Waals surface area contributed by atoms with Crippen LogP contribution in [0.15, 0.2) is 66.1 Å². The van der Waals surface area contributed by atoms with Crippen molar-refractivity contribution >= 4 is 44.8 Å². The molecule has 0 aliphatic heterocycles. The zero-order valence-electron chi connectivity index (χ0n) is 15.9. The van der Waals surface area contributed by atoms with Crippen LogP contribution in [0.3, 0.4) is 0 Å². The zero-order chi connectivity index (χ0) is 21.6. The number of hydrogen-bond acceptors (Lipinski definition) is 4. The SMILES string of the molecule is O=C(NCCCCn1ccnc1)c1ccc(NS(=O)(=O)c2cc(Cl)ccc2Cl)cc1. The number of benzene rings is 2. The van der Waals surface area contributed by atoms with Gasteiger partial charge < -0.3 is 9.88 Å². The summed E-state index contributed by atoms with van der Waals surface area (Å²) in [5.74, 6) is -0.218. The van der Waals surface area contributed by atoms with Crippen LogP contribution in [0.25, 0.3) is 0 Å². The average Bonchev–Trinajstić information content (AvgIpc) is 3.23. The molecule has 0 spiro atoms. The number of sulfonamides is 1. The molecule has 0 saturated carbocycles. The Morgan fingerprint density at radius 1 is 1.07 bits per heavy atom. The summed E-state index contributed by atoms with van der Waals surface area (Å²) in [6.07, 6.45) is 7.14. The second-order valence-corrected chi connectivity index (χ2v) is 9.02. The van der Waals surface area contributed by atoms with Crippen LogP contribution in [-0.4, -0.2) is 30.4 Å². The van der Waals surface area contributed by atoms with E-state index in [9.17, 15) is 13.2 Å². The lowest BCUT2D eigenvalue weighted by atomic mass is 10.2. The number of carbonyl (C=O) groups excluding carboxylic acids is 1. The molecule has 3 aromatic rings. The molecule has 0 atom stereocenters. The fourth-order valence-corrected chi connectivity index (χ4v) is 4.55. The maximum atomic E-state index is 12.5. The van der Waals surface area contributed by atoms with Gasteiger partial charge in [-0.2, -0.15) is 0 Å². The van der Waals surface area contributed by atoms with Crippen molar-refractivity contribution in [1.29, 1.82) is 0 Å². The number of nitrogens with one attached hydrogen (secondary N) is 2. The molecular formula is C20H20Cl2N4O3S. The van der Waals surface area contributed by atoms with Crippen molar-refractivity contribution in [2.24, 2.45) is 0 Å². The molecule has 0 radical (unpaired) electrons. The van der Waals surface area contributed by atoms with E-state index in [1.807, 2.05) is 10.8 Å². The molecule has 1 aromatic heterocycles. The Hall–Kier alpha value is -2.55. The molecule has 2 aromatic carbocycles. The van der Waals surface area contributed by atoms with E-state index in [0.29, 0.717) is 17.8 Å². The van der Waals surface area contributed by atoms with Gasteiger partial charge in [0.25, 0.3) is 15.9 Å². The smallest absolute Gasteiger partial charge is 0.263 e. The monoisotopic (exact) mass is 466 g/mol. The maximum absolute atomic E-state index is 12.5. The molecule has 10 heteroatoms. The largest absolute Gasteiger partial charge is 0.352 e. The minimum Gasteiger partial charge on any atom is -0.352 e. The third-order valence-corrected chi connectivity index (χ3v) is 6.37. The Labute approximate surface area is 185 Å². The second-order valence-electron chi connectivity index (χ2n) is 6.52. The molecule has 0 saturated heterocycles. The summed E-state index contributed by atoms with van der Waals surface area (Å²) in [5.41, 5.74) is 0.747. The number of amides is 1. The highest BCUT2D eigenvalue weighted by Gasteiger charge is 2.18. The van der Waals surface area contributed by atoms with Crippen molar-refractivity contribution < 1.29 is 13.2 Å². The van der Waals surface area contributed by atoms with Crippen molar-refractivity contribution in [2.75, 3.05) is 11.3 Å². The van der Waals surface area contributed by atoms with Gasteiger partial charge >= 0.3 is 0 Å². The summed E-state index contributed by atoms with van der Waals surface area (Å²) in [4.78, 5) is 16.1. The zero-order valence-corrected chi connectivity index (χ0v) is 18.2. The van der Waals surface area contributed by atoms with Crippen LogP contribution in [0.1, 0.15) is 23.2 Å². The summed E-state index contributed by atoms with van der Waals surface area (Å²) < 4.78 is 29.5. The van der Waals surface area contributed by atoms with Crippen molar-refractivity contribution in [3.8, 4) is 0 Å². The third-order valence-electron chi connectivity index (χ3n) is 4.27. The molecule has 158 valence electrons. The van der Waals surface area contributed by atoms with E-state index in [1.54, 1.807) is 24.7 Å². The van der Waals surface area contributed by atoms with Crippen LogP contribution in [0, 0.1) is 0 Å². The van der Waals surface area contributed by atoms with Gasteiger partial charge in [-0.3, -0.25) is 9.52 Å². The number of carbonyl (C=O) groups is 1. The molecule has 2 N–H and O–H groups in total. The Kier molecular flexibility index (Phi) is 7.36. The van der Waals surface area contributed by atoms with Crippen LogP contribution in [-0.2, 0) is 16.6 Å². The van der Waals surface area contributed by atoms with E-state index in [4.69, 9.17) is 23.2 Å². The van der Waals surface area contributed by atoms with E-state index >= 15 is 0 Å². The first kappa shape index (κ1) is 22.1. The minimum atomic E-state index is -3.91. The summed E-state index contributed by atoms with van der Waals surface area (Å²) in [5, 5.41) is 3.18. The average molecular weight is 467 g/mol. The van der Waals surface area contributed by atoms with Crippen LogP contribution >= 0.6 is 23.2 Å². The number of halogens is 2. The molecule has 0 unspecified atom stereocenters. The molecular weight excluding hydrogens is 447 g/mol. The minimum absolute atomic E-state index is 0.0657. The standard InChI is InChI=1S/C20H20Cl2N4O3S/c21-16-5-8-18(22)19(13-16)30(28,29)25-17-6-3-15(4-7-17)20(27)24-9-1-2-11-26-12-10-23-14-26/h3-8,10,12-14,25H,1-2,9,11H2,(H,24,27). The fourth-order valence-electron chi connectivity index (χ4n) is 2.73. The molecule has 0 aliphatic rings. The van der Waals surface area contributed by atoms with Crippen molar-refractivity contribution in [3.63, 3.8) is 0 Å². The van der Waals surface area contributed by atoms with Gasteiger partial charge in [-0.15, -0.1) is 0 Å². The molecule has 30 heavy (non-hydrogen) atoms. The molecule has 1 amide bonds. The number of nitrogens with zero attached hydrogens (tertiary/aromatic N) is 2. The van der Waals surface area contributed by atoms with E-state index in [2.05, 4.69) is 15.0 Å². The number of hydrogen-bond donors (Lipinski definition) is 2. The molecule has 7 nitrogen and oxygen atoms in total. The number of rotatable bonds is 9. The van der Waals surface area contributed by atoms with Crippen molar-refractivity contribution in [3.05, 3.63) is 76.8 Å². The lowest BCUT2D eigenvalue weighted by Crippen LogP contribution is -2.24. The van der Waals surface area contributed by atoms with Gasteiger partial charge in [-0.05, 0) is 55.3 Å².